The molecule has 2 aromatic carbocycles. The SMILES string of the molecule is COc1ccc(NS(=O)(=O)CC(CCc2ccccc2)NC(=O)C(CC(C)C)NC(=O)N2CCOCC2)cc1. The summed E-state index contributed by atoms with van der Waals surface area (Å²) >= 11 is 0. The Hall–Kier alpha value is -3.31. The third kappa shape index (κ3) is 10.4. The van der Waals surface area contributed by atoms with Crippen molar-refractivity contribution in [2.75, 3.05) is 43.9 Å². The zero-order valence-electron chi connectivity index (χ0n) is 22.9. The van der Waals surface area contributed by atoms with Crippen LogP contribution in [0.25, 0.3) is 0 Å². The van der Waals surface area contributed by atoms with Gasteiger partial charge in [-0.15, -0.1) is 0 Å². The molecule has 0 saturated carbocycles. The maximum Gasteiger partial charge on any atom is 0.318 e. The number of methoxy groups -OCH3 is 1. The van der Waals surface area contributed by atoms with Gasteiger partial charge in [0, 0.05) is 24.8 Å². The second kappa shape index (κ2) is 14.7. The summed E-state index contributed by atoms with van der Waals surface area (Å²) in [6, 6.07) is 14.5. The lowest BCUT2D eigenvalue weighted by atomic mass is 10.0. The first-order valence-electron chi connectivity index (χ1n) is 13.3. The van der Waals surface area contributed by atoms with Crippen molar-refractivity contribution in [3.63, 3.8) is 0 Å². The van der Waals surface area contributed by atoms with E-state index < -0.39 is 28.0 Å². The van der Waals surface area contributed by atoms with Gasteiger partial charge < -0.3 is 25.0 Å². The summed E-state index contributed by atoms with van der Waals surface area (Å²) in [7, 11) is -2.27. The summed E-state index contributed by atoms with van der Waals surface area (Å²) in [4.78, 5) is 27.9. The van der Waals surface area contributed by atoms with Gasteiger partial charge in [0.1, 0.15) is 11.8 Å². The Labute approximate surface area is 231 Å². The molecule has 1 fully saturated rings. The van der Waals surface area contributed by atoms with E-state index in [1.807, 2.05) is 44.2 Å². The van der Waals surface area contributed by atoms with Crippen LogP contribution in [0.4, 0.5) is 10.5 Å². The fraction of sp³-hybridized carbons (Fsp3) is 0.500. The molecule has 0 aromatic heterocycles. The highest BCUT2D eigenvalue weighted by Gasteiger charge is 2.29. The molecule has 1 heterocycles. The number of anilines is 1. The Morgan fingerprint density at radius 2 is 1.67 bits per heavy atom. The second-order valence-corrected chi connectivity index (χ2v) is 11.8. The van der Waals surface area contributed by atoms with Crippen LogP contribution in [0.1, 0.15) is 32.3 Å². The van der Waals surface area contributed by atoms with E-state index in [4.69, 9.17) is 9.47 Å². The lowest BCUT2D eigenvalue weighted by Gasteiger charge is -2.30. The second-order valence-electron chi connectivity index (χ2n) is 10.1. The summed E-state index contributed by atoms with van der Waals surface area (Å²) in [5.41, 5.74) is 1.44. The standard InChI is InChI=1S/C28H40N4O6S/c1-21(2)19-26(30-28(34)32-15-17-38-18-16-32)27(33)29-24(10-9-22-7-5-4-6-8-22)20-39(35,36)31-23-11-13-25(37-3)14-12-23/h4-8,11-14,21,24,26,31H,9-10,15-20H2,1-3H3,(H,29,33)(H,30,34). The molecular weight excluding hydrogens is 520 g/mol. The minimum atomic E-state index is -3.81. The van der Waals surface area contributed by atoms with Crippen molar-refractivity contribution in [1.29, 1.82) is 0 Å². The summed E-state index contributed by atoms with van der Waals surface area (Å²) in [5.74, 6) is 0.0296. The molecule has 11 heteroatoms. The van der Waals surface area contributed by atoms with E-state index in [-0.39, 0.29) is 17.7 Å². The van der Waals surface area contributed by atoms with Gasteiger partial charge >= 0.3 is 6.03 Å². The summed E-state index contributed by atoms with van der Waals surface area (Å²) in [6.45, 7) is 5.76. The zero-order chi connectivity index (χ0) is 28.3. The van der Waals surface area contributed by atoms with E-state index in [0.717, 1.165) is 5.56 Å². The predicted molar refractivity (Wildman–Crippen MR) is 151 cm³/mol. The number of benzene rings is 2. The molecule has 1 aliphatic heterocycles. The maximum absolute atomic E-state index is 13.4. The number of hydrogen-bond acceptors (Lipinski definition) is 6. The van der Waals surface area contributed by atoms with Crippen LogP contribution in [0.15, 0.2) is 54.6 Å². The van der Waals surface area contributed by atoms with Crippen LogP contribution >= 0.6 is 0 Å². The number of sulfonamides is 1. The first-order valence-corrected chi connectivity index (χ1v) is 14.9. The largest absolute Gasteiger partial charge is 0.497 e. The summed E-state index contributed by atoms with van der Waals surface area (Å²) < 4.78 is 39.2. The Morgan fingerprint density at radius 3 is 2.28 bits per heavy atom. The van der Waals surface area contributed by atoms with Crippen molar-refractivity contribution in [2.24, 2.45) is 5.92 Å². The summed E-state index contributed by atoms with van der Waals surface area (Å²) in [5, 5.41) is 5.78. The average Bonchev–Trinajstić information content (AvgIpc) is 2.92. The Bertz CT molecular complexity index is 1150. The molecule has 3 N–H and O–H groups in total. The number of aryl methyl sites for hydroxylation is 1. The van der Waals surface area contributed by atoms with Gasteiger partial charge in [0.05, 0.1) is 26.1 Å². The number of nitrogens with one attached hydrogen (secondary N) is 3. The highest BCUT2D eigenvalue weighted by atomic mass is 32.2. The molecule has 0 aliphatic carbocycles. The van der Waals surface area contributed by atoms with Crippen molar-refractivity contribution in [3.8, 4) is 5.75 Å². The Balaban J connectivity index is 1.72. The highest BCUT2D eigenvalue weighted by Crippen LogP contribution is 2.17. The number of carbonyl (C=O) groups is 2. The zero-order valence-corrected chi connectivity index (χ0v) is 23.7. The molecule has 214 valence electrons. The van der Waals surface area contributed by atoms with Crippen molar-refractivity contribution in [2.45, 2.75) is 45.2 Å². The fourth-order valence-corrected chi connectivity index (χ4v) is 5.70. The predicted octanol–water partition coefficient (Wildman–Crippen LogP) is 3.01. The van der Waals surface area contributed by atoms with E-state index in [9.17, 15) is 18.0 Å². The lowest BCUT2D eigenvalue weighted by molar-refractivity contribution is -0.124. The number of morpholine rings is 1. The highest BCUT2D eigenvalue weighted by molar-refractivity contribution is 7.92. The third-order valence-electron chi connectivity index (χ3n) is 6.37. The number of nitrogens with zero attached hydrogens (tertiary/aromatic N) is 1. The molecule has 0 bridgehead atoms. The molecule has 1 aliphatic rings. The van der Waals surface area contributed by atoms with Crippen molar-refractivity contribution in [1.82, 2.24) is 15.5 Å². The van der Waals surface area contributed by atoms with Crippen LogP contribution in [0.3, 0.4) is 0 Å². The maximum atomic E-state index is 13.4. The number of urea groups is 1. The molecule has 2 unspecified atom stereocenters. The topological polar surface area (TPSA) is 126 Å². The van der Waals surface area contributed by atoms with Gasteiger partial charge in [-0.2, -0.15) is 0 Å². The molecule has 0 spiro atoms. The van der Waals surface area contributed by atoms with Crippen LogP contribution in [0.5, 0.6) is 5.75 Å². The van der Waals surface area contributed by atoms with Gasteiger partial charge in [0.25, 0.3) is 0 Å². The minimum Gasteiger partial charge on any atom is -0.497 e. The van der Waals surface area contributed by atoms with E-state index in [0.29, 0.717) is 57.0 Å². The van der Waals surface area contributed by atoms with Gasteiger partial charge in [-0.1, -0.05) is 44.2 Å². The third-order valence-corrected chi connectivity index (χ3v) is 7.76. The molecule has 2 atom stereocenters. The summed E-state index contributed by atoms with van der Waals surface area (Å²) in [6.07, 6.45) is 1.41. The van der Waals surface area contributed by atoms with Crippen LogP contribution < -0.4 is 20.1 Å². The van der Waals surface area contributed by atoms with Crippen LogP contribution in [-0.2, 0) is 26.0 Å². The molecule has 3 amide bonds. The van der Waals surface area contributed by atoms with Gasteiger partial charge in [-0.3, -0.25) is 9.52 Å². The molecule has 10 nitrogen and oxygen atoms in total. The van der Waals surface area contributed by atoms with E-state index in [2.05, 4.69) is 15.4 Å². The first-order chi connectivity index (χ1) is 18.6. The van der Waals surface area contributed by atoms with Crippen molar-refractivity contribution >= 4 is 27.6 Å². The number of ether oxygens (including phenoxy) is 2. The molecule has 2 aromatic rings. The number of hydrogen-bond donors (Lipinski definition) is 3. The first kappa shape index (κ1) is 30.2. The number of amides is 3. The number of carbonyl (C=O) groups excluding carboxylic acids is 2. The Morgan fingerprint density at radius 1 is 1.00 bits per heavy atom. The molecule has 3 rings (SSSR count). The molecule has 39 heavy (non-hydrogen) atoms. The average molecular weight is 561 g/mol. The Kier molecular flexibility index (Phi) is 11.4. The molecule has 1 saturated heterocycles. The van der Waals surface area contributed by atoms with Gasteiger partial charge in [0.2, 0.25) is 15.9 Å². The lowest BCUT2D eigenvalue weighted by Crippen LogP contribution is -2.55. The molecular formula is C28H40N4O6S. The van der Waals surface area contributed by atoms with Crippen LogP contribution in [0, 0.1) is 5.92 Å². The van der Waals surface area contributed by atoms with Crippen molar-refractivity contribution in [3.05, 3.63) is 60.2 Å². The van der Waals surface area contributed by atoms with Gasteiger partial charge in [-0.05, 0) is 55.0 Å². The number of rotatable bonds is 13. The smallest absolute Gasteiger partial charge is 0.318 e. The van der Waals surface area contributed by atoms with Crippen LogP contribution in [0.2, 0.25) is 0 Å². The van der Waals surface area contributed by atoms with E-state index in [1.165, 1.54) is 7.11 Å². The molecule has 0 radical (unpaired) electrons. The van der Waals surface area contributed by atoms with Gasteiger partial charge in [-0.25, -0.2) is 13.2 Å². The minimum absolute atomic E-state index is 0.133. The fourth-order valence-electron chi connectivity index (χ4n) is 4.34. The van der Waals surface area contributed by atoms with E-state index in [1.54, 1.807) is 29.2 Å². The monoisotopic (exact) mass is 560 g/mol. The van der Waals surface area contributed by atoms with Gasteiger partial charge in [0.15, 0.2) is 0 Å². The van der Waals surface area contributed by atoms with Crippen LogP contribution in [-0.4, -0.2) is 76.5 Å². The van der Waals surface area contributed by atoms with Crippen molar-refractivity contribution < 1.29 is 27.5 Å². The van der Waals surface area contributed by atoms with E-state index >= 15 is 0 Å². The quantitative estimate of drug-likeness (QED) is 0.346. The normalized spacial score (nSPS) is 15.3.